The quantitative estimate of drug-likeness (QED) is 0.801. The monoisotopic (exact) mass is 287 g/mol. The molecule has 13 heavy (non-hydrogen) atoms. The van der Waals surface area contributed by atoms with E-state index >= 15 is 0 Å². The number of benzene rings is 1. The van der Waals surface area contributed by atoms with Gasteiger partial charge in [-0.25, -0.2) is 0 Å². The van der Waals surface area contributed by atoms with Gasteiger partial charge in [-0.3, -0.25) is 0 Å². The molecule has 68 valence electrons. The first kappa shape index (κ1) is 10.3. The molecule has 0 aliphatic heterocycles. The van der Waals surface area contributed by atoms with Crippen molar-refractivity contribution in [2.24, 2.45) is 0 Å². The van der Waals surface area contributed by atoms with E-state index in [1.165, 1.54) is 0 Å². The Morgan fingerprint density at radius 1 is 1.54 bits per heavy atom. The van der Waals surface area contributed by atoms with Gasteiger partial charge in [-0.2, -0.15) is 5.26 Å². The SMILES string of the molecule is CCCOc1cc(I)ccc1C#N. The third-order valence-electron chi connectivity index (χ3n) is 1.53. The summed E-state index contributed by atoms with van der Waals surface area (Å²) in [4.78, 5) is 0. The molecular weight excluding hydrogens is 277 g/mol. The molecule has 3 heteroatoms. The molecule has 0 saturated carbocycles. The fourth-order valence-corrected chi connectivity index (χ4v) is 1.38. The molecule has 1 aromatic carbocycles. The third kappa shape index (κ3) is 2.88. The zero-order valence-corrected chi connectivity index (χ0v) is 9.54. The van der Waals surface area contributed by atoms with Crippen LogP contribution in [0.25, 0.3) is 0 Å². The lowest BCUT2D eigenvalue weighted by Gasteiger charge is -2.06. The molecule has 0 aliphatic carbocycles. The fourth-order valence-electron chi connectivity index (χ4n) is 0.920. The van der Waals surface area contributed by atoms with Crippen LogP contribution in [0.4, 0.5) is 0 Å². The molecule has 0 heterocycles. The average molecular weight is 287 g/mol. The fraction of sp³-hybridized carbons (Fsp3) is 0.300. The number of nitriles is 1. The first-order chi connectivity index (χ1) is 6.27. The molecule has 0 spiro atoms. The van der Waals surface area contributed by atoms with Gasteiger partial charge in [0, 0.05) is 3.57 Å². The van der Waals surface area contributed by atoms with E-state index in [1.54, 1.807) is 6.07 Å². The maximum absolute atomic E-state index is 8.78. The van der Waals surface area contributed by atoms with Crippen LogP contribution in [-0.2, 0) is 0 Å². The molecule has 1 aromatic rings. The minimum Gasteiger partial charge on any atom is -0.492 e. The number of hydrogen-bond acceptors (Lipinski definition) is 2. The lowest BCUT2D eigenvalue weighted by Crippen LogP contribution is -1.97. The first-order valence-electron chi connectivity index (χ1n) is 4.10. The highest BCUT2D eigenvalue weighted by Gasteiger charge is 2.02. The van der Waals surface area contributed by atoms with Gasteiger partial charge in [0.2, 0.25) is 0 Å². The summed E-state index contributed by atoms with van der Waals surface area (Å²) in [6, 6.07) is 7.67. The van der Waals surface area contributed by atoms with Crippen molar-refractivity contribution in [1.29, 1.82) is 5.26 Å². The van der Waals surface area contributed by atoms with Gasteiger partial charge in [-0.05, 0) is 47.2 Å². The lowest BCUT2D eigenvalue weighted by atomic mass is 10.2. The lowest BCUT2D eigenvalue weighted by molar-refractivity contribution is 0.316. The number of ether oxygens (including phenoxy) is 1. The summed E-state index contributed by atoms with van der Waals surface area (Å²) in [5, 5.41) is 8.78. The number of halogens is 1. The van der Waals surface area contributed by atoms with E-state index in [2.05, 4.69) is 28.7 Å². The van der Waals surface area contributed by atoms with Crippen LogP contribution in [0.5, 0.6) is 5.75 Å². The summed E-state index contributed by atoms with van der Waals surface area (Å²) in [5.74, 6) is 0.691. The molecule has 1 rings (SSSR count). The van der Waals surface area contributed by atoms with E-state index in [0.717, 1.165) is 9.99 Å². The molecule has 0 amide bonds. The van der Waals surface area contributed by atoms with Crippen molar-refractivity contribution in [2.45, 2.75) is 13.3 Å². The maximum Gasteiger partial charge on any atom is 0.138 e. The second kappa shape index (κ2) is 5.07. The van der Waals surface area contributed by atoms with Gasteiger partial charge in [0.05, 0.1) is 12.2 Å². The highest BCUT2D eigenvalue weighted by Crippen LogP contribution is 2.20. The smallest absolute Gasteiger partial charge is 0.138 e. The Bertz CT molecular complexity index is 330. The van der Waals surface area contributed by atoms with Crippen molar-refractivity contribution < 1.29 is 4.74 Å². The van der Waals surface area contributed by atoms with Crippen molar-refractivity contribution in [3.63, 3.8) is 0 Å². The summed E-state index contributed by atoms with van der Waals surface area (Å²) in [5.41, 5.74) is 0.605. The van der Waals surface area contributed by atoms with Gasteiger partial charge in [-0.1, -0.05) is 6.92 Å². The van der Waals surface area contributed by atoms with Gasteiger partial charge >= 0.3 is 0 Å². The molecule has 0 bridgehead atoms. The van der Waals surface area contributed by atoms with Gasteiger partial charge in [0.15, 0.2) is 0 Å². The second-order valence-corrected chi connectivity index (χ2v) is 3.85. The van der Waals surface area contributed by atoms with E-state index < -0.39 is 0 Å². The van der Waals surface area contributed by atoms with Crippen molar-refractivity contribution in [3.8, 4) is 11.8 Å². The van der Waals surface area contributed by atoms with Gasteiger partial charge in [-0.15, -0.1) is 0 Å². The predicted octanol–water partition coefficient (Wildman–Crippen LogP) is 2.95. The van der Waals surface area contributed by atoms with Crippen molar-refractivity contribution in [2.75, 3.05) is 6.61 Å². The predicted molar refractivity (Wildman–Crippen MR) is 59.7 cm³/mol. The Hall–Kier alpha value is -0.760. The number of nitrogens with zero attached hydrogens (tertiary/aromatic N) is 1. The van der Waals surface area contributed by atoms with Crippen LogP contribution in [0, 0.1) is 14.9 Å². The van der Waals surface area contributed by atoms with Crippen LogP contribution >= 0.6 is 22.6 Å². The van der Waals surface area contributed by atoms with E-state index in [4.69, 9.17) is 10.00 Å². The normalized spacial score (nSPS) is 9.31. The number of hydrogen-bond donors (Lipinski definition) is 0. The van der Waals surface area contributed by atoms with E-state index in [1.807, 2.05) is 19.1 Å². The maximum atomic E-state index is 8.78. The summed E-state index contributed by atoms with van der Waals surface area (Å²) in [7, 11) is 0. The Morgan fingerprint density at radius 3 is 2.92 bits per heavy atom. The van der Waals surface area contributed by atoms with Crippen LogP contribution in [0.2, 0.25) is 0 Å². The summed E-state index contributed by atoms with van der Waals surface area (Å²) >= 11 is 2.20. The molecule has 0 radical (unpaired) electrons. The minimum absolute atomic E-state index is 0.605. The highest BCUT2D eigenvalue weighted by molar-refractivity contribution is 14.1. The van der Waals surface area contributed by atoms with E-state index in [0.29, 0.717) is 17.9 Å². The molecule has 0 fully saturated rings. The average Bonchev–Trinajstić information content (AvgIpc) is 2.15. The van der Waals surface area contributed by atoms with Gasteiger partial charge in [0.25, 0.3) is 0 Å². The zero-order chi connectivity index (χ0) is 9.68. The molecule has 0 atom stereocenters. The standard InChI is InChI=1S/C10H10INO/c1-2-5-13-10-6-9(11)4-3-8(10)7-12/h3-4,6H,2,5H2,1H3. The zero-order valence-electron chi connectivity index (χ0n) is 7.38. The molecule has 0 aliphatic rings. The Morgan fingerprint density at radius 2 is 2.31 bits per heavy atom. The molecule has 0 aromatic heterocycles. The largest absolute Gasteiger partial charge is 0.492 e. The van der Waals surface area contributed by atoms with Crippen LogP contribution in [0.15, 0.2) is 18.2 Å². The van der Waals surface area contributed by atoms with Crippen molar-refractivity contribution in [1.82, 2.24) is 0 Å². The van der Waals surface area contributed by atoms with Crippen LogP contribution in [-0.4, -0.2) is 6.61 Å². The van der Waals surface area contributed by atoms with Crippen LogP contribution < -0.4 is 4.74 Å². The van der Waals surface area contributed by atoms with Crippen LogP contribution in [0.1, 0.15) is 18.9 Å². The third-order valence-corrected chi connectivity index (χ3v) is 2.20. The molecule has 0 saturated heterocycles. The molecular formula is C10H10INO. The van der Waals surface area contributed by atoms with Gasteiger partial charge in [0.1, 0.15) is 11.8 Å². The summed E-state index contributed by atoms with van der Waals surface area (Å²) in [6.07, 6.45) is 0.955. The minimum atomic E-state index is 0.605. The van der Waals surface area contributed by atoms with E-state index in [-0.39, 0.29) is 0 Å². The second-order valence-electron chi connectivity index (χ2n) is 2.60. The van der Waals surface area contributed by atoms with Gasteiger partial charge < -0.3 is 4.74 Å². The van der Waals surface area contributed by atoms with Crippen molar-refractivity contribution >= 4 is 22.6 Å². The van der Waals surface area contributed by atoms with Crippen LogP contribution in [0.3, 0.4) is 0 Å². The number of rotatable bonds is 3. The first-order valence-corrected chi connectivity index (χ1v) is 5.18. The highest BCUT2D eigenvalue weighted by atomic mass is 127. The summed E-state index contributed by atoms with van der Waals surface area (Å²) in [6.45, 7) is 2.70. The Kier molecular flexibility index (Phi) is 4.03. The summed E-state index contributed by atoms with van der Waals surface area (Å²) < 4.78 is 6.52. The Balaban J connectivity index is 2.89. The molecule has 0 unspecified atom stereocenters. The Labute approximate surface area is 91.7 Å². The van der Waals surface area contributed by atoms with Crippen molar-refractivity contribution in [3.05, 3.63) is 27.3 Å². The van der Waals surface area contributed by atoms with E-state index in [9.17, 15) is 0 Å². The molecule has 2 nitrogen and oxygen atoms in total. The topological polar surface area (TPSA) is 33.0 Å². The molecule has 0 N–H and O–H groups in total.